The number of hydrogen-bond acceptors (Lipinski definition) is 4. The summed E-state index contributed by atoms with van der Waals surface area (Å²) in [5.74, 6) is 1.12. The smallest absolute Gasteiger partial charge is 0.253 e. The van der Waals surface area contributed by atoms with Gasteiger partial charge in [0.25, 0.3) is 11.8 Å². The van der Waals surface area contributed by atoms with Crippen LogP contribution in [-0.2, 0) is 9.47 Å². The van der Waals surface area contributed by atoms with Gasteiger partial charge in [-0.15, -0.1) is 0 Å². The quantitative estimate of drug-likeness (QED) is 0.651. The van der Waals surface area contributed by atoms with Crippen molar-refractivity contribution in [3.8, 4) is 0 Å². The zero-order chi connectivity index (χ0) is 21.3. The molecular weight excluding hydrogens is 380 g/mol. The molecule has 0 aliphatic carbocycles. The lowest BCUT2D eigenvalue weighted by Crippen LogP contribution is -2.40. The highest BCUT2D eigenvalue weighted by Gasteiger charge is 2.26. The summed E-state index contributed by atoms with van der Waals surface area (Å²) >= 11 is 0. The van der Waals surface area contributed by atoms with Crippen LogP contribution in [0.3, 0.4) is 0 Å². The molecule has 6 nitrogen and oxygen atoms in total. The first-order chi connectivity index (χ1) is 14.6. The van der Waals surface area contributed by atoms with Crippen LogP contribution >= 0.6 is 0 Å². The third kappa shape index (κ3) is 6.05. The first kappa shape index (κ1) is 22.8. The van der Waals surface area contributed by atoms with Gasteiger partial charge in [0.1, 0.15) is 0 Å². The highest BCUT2D eigenvalue weighted by Crippen LogP contribution is 2.22. The Hall–Kier alpha value is -1.92. The topological polar surface area (TPSA) is 59.1 Å². The van der Waals surface area contributed by atoms with E-state index in [2.05, 4.69) is 0 Å². The molecule has 1 aromatic carbocycles. The number of nitrogens with zero attached hydrogens (tertiary/aromatic N) is 2. The van der Waals surface area contributed by atoms with E-state index in [0.717, 1.165) is 78.3 Å². The molecule has 6 heteroatoms. The molecule has 0 radical (unpaired) electrons. The second-order valence-corrected chi connectivity index (χ2v) is 8.37. The minimum Gasteiger partial charge on any atom is -0.381 e. The Balaban J connectivity index is 1.54. The number of rotatable bonds is 8. The first-order valence-corrected chi connectivity index (χ1v) is 11.5. The largest absolute Gasteiger partial charge is 0.381 e. The molecule has 1 aromatic rings. The van der Waals surface area contributed by atoms with E-state index < -0.39 is 0 Å². The standard InChI is InChI=1S/C24H36N2O4/c1-3-29-17-19-8-12-25(13-9-19)23(27)21-6-5-7-22(16-21)24(28)26-14-10-20(11-15-26)18-30-4-2/h5-7,16,19-20H,3-4,8-15,17-18H2,1-2H3. The van der Waals surface area contributed by atoms with Crippen molar-refractivity contribution in [3.05, 3.63) is 35.4 Å². The number of carbonyl (C=O) groups is 2. The van der Waals surface area contributed by atoms with Crippen LogP contribution in [0, 0.1) is 11.8 Å². The van der Waals surface area contributed by atoms with Gasteiger partial charge in [0.15, 0.2) is 0 Å². The molecule has 2 heterocycles. The molecule has 2 aliphatic heterocycles. The lowest BCUT2D eigenvalue weighted by molar-refractivity contribution is 0.0547. The van der Waals surface area contributed by atoms with Crippen LogP contribution in [0.15, 0.2) is 24.3 Å². The van der Waals surface area contributed by atoms with Crippen molar-refractivity contribution < 1.29 is 19.1 Å². The van der Waals surface area contributed by atoms with Crippen molar-refractivity contribution >= 4 is 11.8 Å². The Bertz CT molecular complexity index is 637. The number of ether oxygens (including phenoxy) is 2. The summed E-state index contributed by atoms with van der Waals surface area (Å²) in [5.41, 5.74) is 1.21. The van der Waals surface area contributed by atoms with Gasteiger partial charge in [-0.05, 0) is 69.6 Å². The second kappa shape index (κ2) is 11.5. The maximum absolute atomic E-state index is 13.0. The van der Waals surface area contributed by atoms with Crippen LogP contribution in [0.5, 0.6) is 0 Å². The summed E-state index contributed by atoms with van der Waals surface area (Å²) in [6, 6.07) is 7.23. The van der Waals surface area contributed by atoms with Crippen molar-refractivity contribution in [3.63, 3.8) is 0 Å². The van der Waals surface area contributed by atoms with Crippen molar-refractivity contribution in [2.45, 2.75) is 39.5 Å². The summed E-state index contributed by atoms with van der Waals surface area (Å²) in [7, 11) is 0. The number of amides is 2. The van der Waals surface area contributed by atoms with Crippen molar-refractivity contribution in [1.82, 2.24) is 9.80 Å². The molecule has 0 atom stereocenters. The summed E-state index contributed by atoms with van der Waals surface area (Å²) in [6.45, 7) is 10.1. The molecule has 2 aliphatic rings. The van der Waals surface area contributed by atoms with Gasteiger partial charge in [0.2, 0.25) is 0 Å². The van der Waals surface area contributed by atoms with Crippen molar-refractivity contribution in [1.29, 1.82) is 0 Å². The fourth-order valence-electron chi connectivity index (χ4n) is 4.32. The Morgan fingerprint density at radius 2 is 1.20 bits per heavy atom. The monoisotopic (exact) mass is 416 g/mol. The third-order valence-corrected chi connectivity index (χ3v) is 6.28. The average molecular weight is 417 g/mol. The summed E-state index contributed by atoms with van der Waals surface area (Å²) < 4.78 is 11.1. The fourth-order valence-corrected chi connectivity index (χ4v) is 4.32. The number of carbonyl (C=O) groups excluding carboxylic acids is 2. The number of hydrogen-bond donors (Lipinski definition) is 0. The average Bonchev–Trinajstić information content (AvgIpc) is 2.81. The molecule has 2 saturated heterocycles. The Labute approximate surface area is 180 Å². The third-order valence-electron chi connectivity index (χ3n) is 6.28. The van der Waals surface area contributed by atoms with E-state index in [-0.39, 0.29) is 11.8 Å². The van der Waals surface area contributed by atoms with Gasteiger partial charge < -0.3 is 19.3 Å². The highest BCUT2D eigenvalue weighted by molar-refractivity contribution is 5.99. The molecule has 0 unspecified atom stereocenters. The SMILES string of the molecule is CCOCC1CCN(C(=O)c2cccc(C(=O)N3CCC(COCC)CC3)c2)CC1. The normalized spacial score (nSPS) is 18.6. The Kier molecular flexibility index (Phi) is 8.70. The number of likely N-dealkylation sites (tertiary alicyclic amines) is 2. The first-order valence-electron chi connectivity index (χ1n) is 11.5. The van der Waals surface area contributed by atoms with E-state index in [4.69, 9.17) is 9.47 Å². The summed E-state index contributed by atoms with van der Waals surface area (Å²) in [4.78, 5) is 29.8. The van der Waals surface area contributed by atoms with E-state index in [0.29, 0.717) is 23.0 Å². The van der Waals surface area contributed by atoms with Crippen LogP contribution in [0.1, 0.15) is 60.2 Å². The minimum atomic E-state index is 0.0231. The molecule has 0 saturated carbocycles. The van der Waals surface area contributed by atoms with Crippen LogP contribution in [-0.4, -0.2) is 74.2 Å². The molecule has 2 amide bonds. The molecule has 30 heavy (non-hydrogen) atoms. The number of piperidine rings is 2. The van der Waals surface area contributed by atoms with Gasteiger partial charge in [0.05, 0.1) is 0 Å². The van der Waals surface area contributed by atoms with Crippen LogP contribution in [0.2, 0.25) is 0 Å². The van der Waals surface area contributed by atoms with Gasteiger partial charge in [-0.25, -0.2) is 0 Å². The fraction of sp³-hybridized carbons (Fsp3) is 0.667. The van der Waals surface area contributed by atoms with Crippen LogP contribution in [0.25, 0.3) is 0 Å². The van der Waals surface area contributed by atoms with Gasteiger partial charge >= 0.3 is 0 Å². The maximum Gasteiger partial charge on any atom is 0.253 e. The molecule has 0 N–H and O–H groups in total. The van der Waals surface area contributed by atoms with Gasteiger partial charge in [0, 0.05) is 63.7 Å². The predicted octanol–water partition coefficient (Wildman–Crippen LogP) is 3.46. The van der Waals surface area contributed by atoms with Crippen molar-refractivity contribution in [2.75, 3.05) is 52.6 Å². The van der Waals surface area contributed by atoms with E-state index in [9.17, 15) is 9.59 Å². The lowest BCUT2D eigenvalue weighted by Gasteiger charge is -2.32. The predicted molar refractivity (Wildman–Crippen MR) is 117 cm³/mol. The zero-order valence-electron chi connectivity index (χ0n) is 18.5. The molecule has 0 aromatic heterocycles. The number of benzene rings is 1. The minimum absolute atomic E-state index is 0.0231. The Morgan fingerprint density at radius 1 is 0.800 bits per heavy atom. The maximum atomic E-state index is 13.0. The van der Waals surface area contributed by atoms with Gasteiger partial charge in [-0.2, -0.15) is 0 Å². The molecule has 3 rings (SSSR count). The lowest BCUT2D eigenvalue weighted by atomic mass is 9.96. The van der Waals surface area contributed by atoms with E-state index in [1.54, 1.807) is 6.07 Å². The molecule has 2 fully saturated rings. The van der Waals surface area contributed by atoms with E-state index in [1.807, 2.05) is 41.8 Å². The molecular formula is C24H36N2O4. The molecule has 166 valence electrons. The van der Waals surface area contributed by atoms with E-state index >= 15 is 0 Å². The highest BCUT2D eigenvalue weighted by atomic mass is 16.5. The molecule has 0 bridgehead atoms. The zero-order valence-corrected chi connectivity index (χ0v) is 18.5. The van der Waals surface area contributed by atoms with E-state index in [1.165, 1.54) is 0 Å². The van der Waals surface area contributed by atoms with Gasteiger partial charge in [-0.1, -0.05) is 6.07 Å². The summed E-state index contributed by atoms with van der Waals surface area (Å²) in [6.07, 6.45) is 3.89. The van der Waals surface area contributed by atoms with Crippen LogP contribution in [0.4, 0.5) is 0 Å². The van der Waals surface area contributed by atoms with Gasteiger partial charge in [-0.3, -0.25) is 9.59 Å². The summed E-state index contributed by atoms with van der Waals surface area (Å²) in [5, 5.41) is 0. The molecule has 0 spiro atoms. The second-order valence-electron chi connectivity index (χ2n) is 8.37. The Morgan fingerprint density at radius 3 is 1.57 bits per heavy atom. The van der Waals surface area contributed by atoms with Crippen molar-refractivity contribution in [2.24, 2.45) is 11.8 Å². The van der Waals surface area contributed by atoms with Crippen LogP contribution < -0.4 is 0 Å².